The lowest BCUT2D eigenvalue weighted by molar-refractivity contribution is 0.395. The molecule has 5 heterocycles. The number of fused-ring (bicyclic) bond motifs is 1. The molecular weight excluding hydrogens is 532 g/mol. The quantitative estimate of drug-likeness (QED) is 0.344. The fourth-order valence-electron chi connectivity index (χ4n) is 5.35. The minimum Gasteiger partial charge on any atom is -0.496 e. The van der Waals surface area contributed by atoms with Gasteiger partial charge in [-0.05, 0) is 25.6 Å². The van der Waals surface area contributed by atoms with Gasteiger partial charge in [0.25, 0.3) is 0 Å². The highest BCUT2D eigenvalue weighted by Gasteiger charge is 2.26. The van der Waals surface area contributed by atoms with Crippen LogP contribution in [0.2, 0.25) is 5.02 Å². The van der Waals surface area contributed by atoms with Crippen molar-refractivity contribution >= 4 is 40.8 Å². The Balaban J connectivity index is 1.17. The van der Waals surface area contributed by atoms with Crippen LogP contribution in [0.5, 0.6) is 11.5 Å². The summed E-state index contributed by atoms with van der Waals surface area (Å²) >= 11 is 6.40. The zero-order chi connectivity index (χ0) is 27.8. The monoisotopic (exact) mass is 564 g/mol. The Labute approximate surface area is 237 Å². The summed E-state index contributed by atoms with van der Waals surface area (Å²) in [5, 5.41) is 3.83. The summed E-state index contributed by atoms with van der Waals surface area (Å²) in [6.45, 7) is 4.95. The first kappa shape index (κ1) is 26.2. The number of halogens is 1. The van der Waals surface area contributed by atoms with E-state index >= 15 is 0 Å². The lowest BCUT2D eigenvalue weighted by Crippen LogP contribution is -2.47. The average molecular weight is 565 g/mol. The molecule has 40 heavy (non-hydrogen) atoms. The van der Waals surface area contributed by atoms with E-state index in [4.69, 9.17) is 36.8 Å². The number of piperazine rings is 1. The van der Waals surface area contributed by atoms with Crippen molar-refractivity contribution in [1.29, 1.82) is 0 Å². The summed E-state index contributed by atoms with van der Waals surface area (Å²) in [5.74, 6) is 2.75. The van der Waals surface area contributed by atoms with E-state index in [-0.39, 0.29) is 5.95 Å². The van der Waals surface area contributed by atoms with E-state index in [1.807, 2.05) is 29.9 Å². The molecule has 0 bridgehead atoms. The van der Waals surface area contributed by atoms with Crippen molar-refractivity contribution in [3.63, 3.8) is 0 Å². The third kappa shape index (κ3) is 5.00. The number of nitrogens with one attached hydrogen (secondary N) is 1. The van der Waals surface area contributed by atoms with Gasteiger partial charge in [0, 0.05) is 81.1 Å². The van der Waals surface area contributed by atoms with E-state index in [1.54, 1.807) is 20.3 Å². The molecular formula is C27H33ClN10O2. The standard InChI is InChI=1S/C27H33ClN10O2/c1-30-17-4-6-38(15-17)27-33-25(29)32-26(34-27)36-10-8-35(9-11-36)18-5-7-37-16-21(31-24(37)12-18)19-13-20(28)23(40-3)14-22(19)39-2/h5,7,12-14,16-17,30H,4,6,8-11,15H2,1-3H3,(H2,29,32,33,34). The highest BCUT2D eigenvalue weighted by molar-refractivity contribution is 6.32. The molecule has 1 atom stereocenters. The summed E-state index contributed by atoms with van der Waals surface area (Å²) in [6, 6.07) is 8.24. The molecule has 0 saturated carbocycles. The second kappa shape index (κ2) is 10.9. The van der Waals surface area contributed by atoms with Crippen LogP contribution in [-0.2, 0) is 0 Å². The number of hydrogen-bond donors (Lipinski definition) is 2. The number of nitrogen functional groups attached to an aromatic ring is 1. The molecule has 2 aliphatic rings. The van der Waals surface area contributed by atoms with Crippen LogP contribution in [-0.4, -0.2) is 90.9 Å². The van der Waals surface area contributed by atoms with Gasteiger partial charge in [-0.15, -0.1) is 0 Å². The molecule has 1 aromatic carbocycles. The zero-order valence-corrected chi connectivity index (χ0v) is 23.6. The number of nitrogens with zero attached hydrogens (tertiary/aromatic N) is 8. The van der Waals surface area contributed by atoms with Crippen molar-refractivity contribution in [2.45, 2.75) is 12.5 Å². The fourth-order valence-corrected chi connectivity index (χ4v) is 5.59. The van der Waals surface area contributed by atoms with E-state index in [9.17, 15) is 0 Å². The van der Waals surface area contributed by atoms with E-state index in [0.29, 0.717) is 34.5 Å². The zero-order valence-electron chi connectivity index (χ0n) is 22.8. The van der Waals surface area contributed by atoms with Gasteiger partial charge in [-0.1, -0.05) is 11.6 Å². The van der Waals surface area contributed by atoms with Crippen LogP contribution in [0, 0.1) is 0 Å². The van der Waals surface area contributed by atoms with Crippen LogP contribution in [0.15, 0.2) is 36.7 Å². The highest BCUT2D eigenvalue weighted by Crippen LogP contribution is 2.38. The number of anilines is 4. The first-order valence-corrected chi connectivity index (χ1v) is 13.7. The summed E-state index contributed by atoms with van der Waals surface area (Å²) < 4.78 is 12.9. The fraction of sp³-hybridized carbons (Fsp3) is 0.407. The van der Waals surface area contributed by atoms with E-state index < -0.39 is 0 Å². The SMILES string of the molecule is CNC1CCN(c2nc(N)nc(N3CCN(c4ccn5cc(-c6cc(Cl)c(OC)cc6OC)nc5c4)CC3)n2)C1. The Kier molecular flexibility index (Phi) is 7.11. The van der Waals surface area contributed by atoms with E-state index in [2.05, 4.69) is 42.1 Å². The van der Waals surface area contributed by atoms with Crippen molar-refractivity contribution in [2.75, 3.05) is 81.0 Å². The molecule has 0 spiro atoms. The molecule has 1 unspecified atom stereocenters. The van der Waals surface area contributed by atoms with Gasteiger partial charge in [0.15, 0.2) is 0 Å². The van der Waals surface area contributed by atoms with Gasteiger partial charge < -0.3 is 39.6 Å². The first-order chi connectivity index (χ1) is 19.4. The second-order valence-corrected chi connectivity index (χ2v) is 10.4. The van der Waals surface area contributed by atoms with Crippen LogP contribution < -0.4 is 35.2 Å². The summed E-state index contributed by atoms with van der Waals surface area (Å²) in [6.07, 6.45) is 5.05. The summed E-state index contributed by atoms with van der Waals surface area (Å²) in [5.41, 5.74) is 9.60. The third-order valence-corrected chi connectivity index (χ3v) is 7.93. The number of imidazole rings is 1. The molecule has 2 aliphatic heterocycles. The Morgan fingerprint density at radius 1 is 0.900 bits per heavy atom. The topological polar surface area (TPSA) is 122 Å². The Hall–Kier alpha value is -4.03. The second-order valence-electron chi connectivity index (χ2n) is 9.95. The van der Waals surface area contributed by atoms with E-state index in [0.717, 1.165) is 68.3 Å². The number of benzene rings is 1. The van der Waals surface area contributed by atoms with Gasteiger partial charge in [0.1, 0.15) is 17.1 Å². The maximum absolute atomic E-state index is 6.40. The molecule has 0 radical (unpaired) electrons. The van der Waals surface area contributed by atoms with Crippen molar-refractivity contribution in [1.82, 2.24) is 29.7 Å². The van der Waals surface area contributed by atoms with Crippen LogP contribution >= 0.6 is 11.6 Å². The van der Waals surface area contributed by atoms with Crippen molar-refractivity contribution in [3.05, 3.63) is 41.7 Å². The summed E-state index contributed by atoms with van der Waals surface area (Å²) in [4.78, 5) is 25.2. The maximum Gasteiger partial charge on any atom is 0.232 e. The highest BCUT2D eigenvalue weighted by atomic mass is 35.5. The molecule has 4 aromatic rings. The number of likely N-dealkylation sites (N-methyl/N-ethyl adjacent to an activating group) is 1. The Bertz CT molecular complexity index is 1520. The van der Waals surface area contributed by atoms with Crippen LogP contribution in [0.1, 0.15) is 6.42 Å². The number of rotatable bonds is 7. The van der Waals surface area contributed by atoms with Crippen LogP contribution in [0.25, 0.3) is 16.9 Å². The van der Waals surface area contributed by atoms with Crippen LogP contribution in [0.3, 0.4) is 0 Å². The number of nitrogens with two attached hydrogens (primary N) is 1. The van der Waals surface area contributed by atoms with Gasteiger partial charge in [0.05, 0.1) is 24.9 Å². The molecule has 0 amide bonds. The Morgan fingerprint density at radius 2 is 1.62 bits per heavy atom. The lowest BCUT2D eigenvalue weighted by atomic mass is 10.1. The Morgan fingerprint density at radius 3 is 2.33 bits per heavy atom. The molecule has 210 valence electrons. The predicted molar refractivity (Wildman–Crippen MR) is 157 cm³/mol. The van der Waals surface area contributed by atoms with Gasteiger partial charge in [0.2, 0.25) is 17.8 Å². The molecule has 3 aromatic heterocycles. The largest absolute Gasteiger partial charge is 0.496 e. The van der Waals surface area contributed by atoms with Gasteiger partial charge >= 0.3 is 0 Å². The average Bonchev–Trinajstić information content (AvgIpc) is 3.64. The number of hydrogen-bond acceptors (Lipinski definition) is 11. The number of ether oxygens (including phenoxy) is 2. The first-order valence-electron chi connectivity index (χ1n) is 13.3. The lowest BCUT2D eigenvalue weighted by Gasteiger charge is -2.36. The molecule has 2 saturated heterocycles. The number of aromatic nitrogens is 5. The molecule has 13 heteroatoms. The van der Waals surface area contributed by atoms with Gasteiger partial charge in [-0.3, -0.25) is 0 Å². The smallest absolute Gasteiger partial charge is 0.232 e. The third-order valence-electron chi connectivity index (χ3n) is 7.63. The van der Waals surface area contributed by atoms with Crippen molar-refractivity contribution in [2.24, 2.45) is 0 Å². The normalized spacial score (nSPS) is 17.6. The van der Waals surface area contributed by atoms with E-state index in [1.165, 1.54) is 0 Å². The number of methoxy groups -OCH3 is 2. The molecule has 0 aliphatic carbocycles. The molecule has 3 N–H and O–H groups in total. The molecule has 2 fully saturated rings. The van der Waals surface area contributed by atoms with Crippen molar-refractivity contribution < 1.29 is 9.47 Å². The molecule has 12 nitrogen and oxygen atoms in total. The van der Waals surface area contributed by atoms with Crippen molar-refractivity contribution in [3.8, 4) is 22.8 Å². The molecule has 6 rings (SSSR count). The number of pyridine rings is 1. The summed E-state index contributed by atoms with van der Waals surface area (Å²) in [7, 11) is 5.19. The minimum absolute atomic E-state index is 0.255. The predicted octanol–water partition coefficient (Wildman–Crippen LogP) is 2.56. The minimum atomic E-state index is 0.255. The maximum atomic E-state index is 6.40. The van der Waals surface area contributed by atoms with Gasteiger partial charge in [-0.2, -0.15) is 15.0 Å². The van der Waals surface area contributed by atoms with Crippen LogP contribution in [0.4, 0.5) is 23.5 Å². The van der Waals surface area contributed by atoms with Gasteiger partial charge in [-0.25, -0.2) is 4.98 Å².